The topological polar surface area (TPSA) is 79.2 Å². The predicted octanol–water partition coefficient (Wildman–Crippen LogP) is 1.75. The highest BCUT2D eigenvalue weighted by molar-refractivity contribution is 5.75. The summed E-state index contributed by atoms with van der Waals surface area (Å²) in [6.45, 7) is 0. The smallest absolute Gasteiger partial charge is 0.315 e. The summed E-state index contributed by atoms with van der Waals surface area (Å²) in [5.41, 5.74) is 4.40. The first-order valence-electron chi connectivity index (χ1n) is 8.47. The van der Waals surface area contributed by atoms with Gasteiger partial charge in [0, 0.05) is 24.7 Å². The number of hydrogen-bond acceptors (Lipinski definition) is 3. The molecule has 0 aliphatic heterocycles. The van der Waals surface area contributed by atoms with Crippen molar-refractivity contribution in [1.82, 2.24) is 20.4 Å². The number of nitrogens with zero attached hydrogens (tertiary/aromatic N) is 2. The van der Waals surface area contributed by atoms with Crippen molar-refractivity contribution in [2.45, 2.75) is 43.9 Å². The summed E-state index contributed by atoms with van der Waals surface area (Å²) < 4.78 is 1.89. The van der Waals surface area contributed by atoms with E-state index in [0.29, 0.717) is 6.42 Å². The van der Waals surface area contributed by atoms with Crippen molar-refractivity contribution in [3.05, 3.63) is 52.8 Å². The number of carbonyl (C=O) groups is 1. The molecule has 0 spiro atoms. The molecule has 2 aromatic rings. The Bertz CT molecular complexity index is 770. The number of benzene rings is 1. The van der Waals surface area contributed by atoms with Crippen LogP contribution in [0.15, 0.2) is 30.5 Å². The van der Waals surface area contributed by atoms with Gasteiger partial charge < -0.3 is 15.7 Å². The van der Waals surface area contributed by atoms with E-state index >= 15 is 0 Å². The van der Waals surface area contributed by atoms with Gasteiger partial charge in [0.15, 0.2) is 0 Å². The zero-order chi connectivity index (χ0) is 16.7. The highest BCUT2D eigenvalue weighted by atomic mass is 16.3. The Morgan fingerprint density at radius 2 is 2.12 bits per heavy atom. The SMILES string of the molecule is Cn1ncc2c1CCC[C@@H]2NC(=O)N[C@@H]1c2ccccc2C[C@@H]1O. The van der Waals surface area contributed by atoms with Crippen LogP contribution in [0.2, 0.25) is 0 Å². The lowest BCUT2D eigenvalue weighted by molar-refractivity contribution is 0.141. The quantitative estimate of drug-likeness (QED) is 0.787. The summed E-state index contributed by atoms with van der Waals surface area (Å²) in [4.78, 5) is 12.5. The Kier molecular flexibility index (Phi) is 3.76. The van der Waals surface area contributed by atoms with Crippen molar-refractivity contribution in [2.24, 2.45) is 7.05 Å². The number of rotatable bonds is 2. The van der Waals surface area contributed by atoms with Crippen molar-refractivity contribution >= 4 is 6.03 Å². The molecule has 24 heavy (non-hydrogen) atoms. The monoisotopic (exact) mass is 326 g/mol. The van der Waals surface area contributed by atoms with Gasteiger partial charge in [0.05, 0.1) is 24.4 Å². The minimum atomic E-state index is -0.576. The van der Waals surface area contributed by atoms with Gasteiger partial charge in [-0.3, -0.25) is 4.68 Å². The van der Waals surface area contributed by atoms with E-state index in [9.17, 15) is 9.90 Å². The number of aliphatic hydroxyl groups is 1. The van der Waals surface area contributed by atoms with E-state index in [1.54, 1.807) is 0 Å². The third kappa shape index (κ3) is 2.57. The van der Waals surface area contributed by atoms with E-state index in [1.165, 1.54) is 5.69 Å². The fourth-order valence-electron chi connectivity index (χ4n) is 3.95. The lowest BCUT2D eigenvalue weighted by atomic mass is 9.93. The number of amides is 2. The van der Waals surface area contributed by atoms with Crippen molar-refractivity contribution in [2.75, 3.05) is 0 Å². The van der Waals surface area contributed by atoms with Crippen LogP contribution in [0.3, 0.4) is 0 Å². The minimum absolute atomic E-state index is 0.0174. The van der Waals surface area contributed by atoms with Gasteiger partial charge in [-0.05, 0) is 30.4 Å². The predicted molar refractivity (Wildman–Crippen MR) is 89.4 cm³/mol. The van der Waals surface area contributed by atoms with Crippen LogP contribution in [0.1, 0.15) is 47.3 Å². The molecule has 1 aromatic carbocycles. The number of hydrogen-bond donors (Lipinski definition) is 3. The van der Waals surface area contributed by atoms with Crippen molar-refractivity contribution < 1.29 is 9.90 Å². The molecule has 3 N–H and O–H groups in total. The molecule has 2 aliphatic carbocycles. The summed E-state index contributed by atoms with van der Waals surface area (Å²) in [6.07, 6.45) is 4.80. The number of nitrogens with one attached hydrogen (secondary N) is 2. The largest absolute Gasteiger partial charge is 0.390 e. The molecule has 6 nitrogen and oxygen atoms in total. The number of aliphatic hydroxyl groups excluding tert-OH is 1. The lowest BCUT2D eigenvalue weighted by Gasteiger charge is -2.25. The fourth-order valence-corrected chi connectivity index (χ4v) is 3.95. The van der Waals surface area contributed by atoms with Crippen LogP contribution in [0.25, 0.3) is 0 Å². The molecule has 126 valence electrons. The Morgan fingerprint density at radius 3 is 3.00 bits per heavy atom. The number of fused-ring (bicyclic) bond motifs is 2. The highest BCUT2D eigenvalue weighted by Crippen LogP contribution is 2.32. The number of carbonyl (C=O) groups excluding carboxylic acids is 1. The average Bonchev–Trinajstić information content (AvgIpc) is 3.10. The molecule has 1 aromatic heterocycles. The molecular weight excluding hydrogens is 304 g/mol. The molecule has 6 heteroatoms. The van der Waals surface area contributed by atoms with Gasteiger partial charge in [0.1, 0.15) is 0 Å². The molecular formula is C18H22N4O2. The van der Waals surface area contributed by atoms with Crippen LogP contribution in [-0.2, 0) is 19.9 Å². The molecule has 3 atom stereocenters. The molecule has 1 heterocycles. The van der Waals surface area contributed by atoms with Gasteiger partial charge >= 0.3 is 6.03 Å². The Hall–Kier alpha value is -2.34. The van der Waals surface area contributed by atoms with Crippen LogP contribution in [-0.4, -0.2) is 27.0 Å². The molecule has 2 amide bonds. The van der Waals surface area contributed by atoms with Gasteiger partial charge in [-0.2, -0.15) is 5.10 Å². The highest BCUT2D eigenvalue weighted by Gasteiger charge is 2.33. The molecule has 0 saturated heterocycles. The third-order valence-corrected chi connectivity index (χ3v) is 5.17. The maximum Gasteiger partial charge on any atom is 0.315 e. The Labute approximate surface area is 140 Å². The van der Waals surface area contributed by atoms with Gasteiger partial charge in [0.2, 0.25) is 0 Å². The van der Waals surface area contributed by atoms with Crippen LogP contribution in [0.5, 0.6) is 0 Å². The van der Waals surface area contributed by atoms with E-state index in [-0.39, 0.29) is 18.1 Å². The maximum atomic E-state index is 12.5. The fraction of sp³-hybridized carbons (Fsp3) is 0.444. The van der Waals surface area contributed by atoms with E-state index in [2.05, 4.69) is 15.7 Å². The Balaban J connectivity index is 1.47. The molecule has 2 aliphatic rings. The van der Waals surface area contributed by atoms with Crippen molar-refractivity contribution in [3.63, 3.8) is 0 Å². The second kappa shape index (κ2) is 5.94. The minimum Gasteiger partial charge on any atom is -0.390 e. The second-order valence-corrected chi connectivity index (χ2v) is 6.68. The number of aromatic nitrogens is 2. The lowest BCUT2D eigenvalue weighted by Crippen LogP contribution is -2.43. The zero-order valence-electron chi connectivity index (χ0n) is 13.7. The van der Waals surface area contributed by atoms with Gasteiger partial charge in [-0.1, -0.05) is 24.3 Å². The first-order valence-corrected chi connectivity index (χ1v) is 8.47. The van der Waals surface area contributed by atoms with Crippen molar-refractivity contribution in [1.29, 1.82) is 0 Å². The van der Waals surface area contributed by atoms with Crippen LogP contribution >= 0.6 is 0 Å². The van der Waals surface area contributed by atoms with Gasteiger partial charge in [0.25, 0.3) is 0 Å². The standard InChI is InChI=1S/C18H22N4O2/c1-22-15-8-4-7-14(13(15)10-19-22)20-18(24)21-17-12-6-3-2-5-11(12)9-16(17)23/h2-3,5-6,10,14,16-17,23H,4,7-9H2,1H3,(H2,20,21,24)/t14-,16-,17+/m0/s1. The molecule has 0 radical (unpaired) electrons. The molecule has 4 rings (SSSR count). The molecule has 0 saturated carbocycles. The van der Waals surface area contributed by atoms with Gasteiger partial charge in [-0.25, -0.2) is 4.79 Å². The normalized spacial score (nSPS) is 25.0. The first kappa shape index (κ1) is 15.2. The van der Waals surface area contributed by atoms with E-state index in [4.69, 9.17) is 0 Å². The number of urea groups is 1. The third-order valence-electron chi connectivity index (χ3n) is 5.17. The van der Waals surface area contributed by atoms with Crippen LogP contribution in [0.4, 0.5) is 4.79 Å². The summed E-state index contributed by atoms with van der Waals surface area (Å²) in [5, 5.41) is 20.6. The summed E-state index contributed by atoms with van der Waals surface area (Å²) in [7, 11) is 1.94. The first-order chi connectivity index (χ1) is 11.6. The second-order valence-electron chi connectivity index (χ2n) is 6.68. The maximum absolute atomic E-state index is 12.5. The molecule has 0 bridgehead atoms. The van der Waals surface area contributed by atoms with Crippen molar-refractivity contribution in [3.8, 4) is 0 Å². The zero-order valence-corrected chi connectivity index (χ0v) is 13.7. The molecule has 0 fully saturated rings. The van der Waals surface area contributed by atoms with E-state index in [0.717, 1.165) is 36.0 Å². The van der Waals surface area contributed by atoms with Crippen LogP contribution < -0.4 is 10.6 Å². The Morgan fingerprint density at radius 1 is 1.29 bits per heavy atom. The van der Waals surface area contributed by atoms with Gasteiger partial charge in [-0.15, -0.1) is 0 Å². The molecule has 0 unspecified atom stereocenters. The summed E-state index contributed by atoms with van der Waals surface area (Å²) in [6, 6.07) is 7.26. The van der Waals surface area contributed by atoms with Crippen LogP contribution in [0, 0.1) is 0 Å². The van der Waals surface area contributed by atoms with E-state index < -0.39 is 6.10 Å². The summed E-state index contributed by atoms with van der Waals surface area (Å²) >= 11 is 0. The summed E-state index contributed by atoms with van der Waals surface area (Å²) in [5.74, 6) is 0. The number of aryl methyl sites for hydroxylation is 1. The average molecular weight is 326 g/mol. The van der Waals surface area contributed by atoms with E-state index in [1.807, 2.05) is 42.2 Å².